The van der Waals surface area contributed by atoms with Crippen molar-refractivity contribution in [3.05, 3.63) is 184 Å². The number of anilines is 8. The number of rotatable bonds is 3. The number of hydrogen-bond acceptors (Lipinski definition) is 3. The van der Waals surface area contributed by atoms with Crippen molar-refractivity contribution in [1.82, 2.24) is 0 Å². The minimum atomic E-state index is -0.179. The minimum absolute atomic E-state index is 0.00112. The molecule has 0 saturated heterocycles. The largest absolute Gasteiger partial charge is 0.334 e. The monoisotopic (exact) mass is 1120 g/mol. The smallest absolute Gasteiger partial charge is 0.252 e. The van der Waals surface area contributed by atoms with E-state index in [1.807, 2.05) is 0 Å². The van der Waals surface area contributed by atoms with Crippen LogP contribution in [-0.4, -0.2) is 12.3 Å². The van der Waals surface area contributed by atoms with Crippen LogP contribution in [0.3, 0.4) is 0 Å². The Bertz CT molecular complexity index is 4260. The maximum atomic E-state index is 2.91. The van der Waals surface area contributed by atoms with Gasteiger partial charge in [-0.25, -0.2) is 0 Å². The molecule has 5 aliphatic carbocycles. The van der Waals surface area contributed by atoms with Crippen LogP contribution in [0.15, 0.2) is 133 Å². The van der Waals surface area contributed by atoms with E-state index in [4.69, 9.17) is 0 Å². The number of fused-ring (bicyclic) bond motifs is 14. The molecule has 432 valence electrons. The second-order valence-electron chi connectivity index (χ2n) is 33.2. The Balaban J connectivity index is 1.09. The highest BCUT2D eigenvalue weighted by atomic mass is 15.3. The maximum absolute atomic E-state index is 2.91. The molecule has 0 radical (unpaired) electrons. The molecule has 2 atom stereocenters. The van der Waals surface area contributed by atoms with E-state index in [2.05, 4.69) is 259 Å². The summed E-state index contributed by atoms with van der Waals surface area (Å²) < 4.78 is 0. The van der Waals surface area contributed by atoms with Crippen molar-refractivity contribution in [2.75, 3.05) is 14.7 Å². The summed E-state index contributed by atoms with van der Waals surface area (Å²) in [7, 11) is 0. The van der Waals surface area contributed by atoms with Gasteiger partial charge in [-0.05, 0) is 228 Å². The van der Waals surface area contributed by atoms with Crippen molar-refractivity contribution in [3.63, 3.8) is 0 Å². The highest BCUT2D eigenvalue weighted by molar-refractivity contribution is 7.00. The summed E-state index contributed by atoms with van der Waals surface area (Å²) >= 11 is 0. The zero-order valence-electron chi connectivity index (χ0n) is 54.2. The number of hydrogen-bond donors (Lipinski definition) is 0. The van der Waals surface area contributed by atoms with Gasteiger partial charge in [-0.3, -0.25) is 0 Å². The summed E-state index contributed by atoms with van der Waals surface area (Å²) in [4.78, 5) is 8.58. The lowest BCUT2D eigenvalue weighted by atomic mass is 9.32. The molecule has 1 saturated carbocycles. The summed E-state index contributed by atoms with van der Waals surface area (Å²) in [5.74, 6) is 0. The van der Waals surface area contributed by atoms with Crippen LogP contribution in [0.5, 0.6) is 0 Å². The number of benzene rings is 8. The van der Waals surface area contributed by atoms with E-state index < -0.39 is 0 Å². The first kappa shape index (κ1) is 53.9. The highest BCUT2D eigenvalue weighted by Gasteiger charge is 2.59. The van der Waals surface area contributed by atoms with Gasteiger partial charge in [-0.15, -0.1) is 0 Å². The SMILES string of the molecule is CC1(C)CCC(C)(C)c2cc(N3c4cc5c(cc4B4c6cc7c(cc6N(c6cccc8c6-c6ccccc6C8(C)C)c6cc(N8c9cc%10ccccc%10cc9C9(C)CCCCC89C)cc3c64)C(C)(C)CCC7(C)C)C(C)(C)CCC5(C)C)ccc21. The standard InChI is InChI=1S/C81H90BN3/c1-73(2)34-35-74(3,4)57-42-51(30-31-55(57)73)83-67-47-60-58(75(5,6)36-38-77(60,9)10)45-63(67)82-64-46-59-61(78(11,12)39-37-76(59,7)8)48-68(64)84(65-29-23-28-56-71(65)53-26-19-20-27-54(53)79(56,13)14)70-44-52(43-69(83)72(70)82)85-66-41-50-25-18-17-24-49(50)40-62(66)80(15)32-21-22-33-81(80,85)16/h17-20,23-31,40-48H,21-22,32-39H2,1-16H3. The van der Waals surface area contributed by atoms with Crippen LogP contribution >= 0.6 is 0 Å². The lowest BCUT2D eigenvalue weighted by Gasteiger charge is -2.52. The Morgan fingerprint density at radius 2 is 0.824 bits per heavy atom. The summed E-state index contributed by atoms with van der Waals surface area (Å²) in [6.07, 6.45) is 11.8. The topological polar surface area (TPSA) is 9.72 Å². The van der Waals surface area contributed by atoms with Gasteiger partial charge in [0, 0.05) is 56.2 Å². The molecule has 3 nitrogen and oxygen atoms in total. The molecule has 2 unspecified atom stereocenters. The van der Waals surface area contributed by atoms with Crippen molar-refractivity contribution in [1.29, 1.82) is 0 Å². The average Bonchev–Trinajstić information content (AvgIpc) is 1.74. The van der Waals surface area contributed by atoms with Gasteiger partial charge in [0.05, 0.1) is 11.2 Å². The van der Waals surface area contributed by atoms with Gasteiger partial charge in [0.2, 0.25) is 0 Å². The first-order valence-electron chi connectivity index (χ1n) is 33.0. The van der Waals surface area contributed by atoms with Gasteiger partial charge in [0.25, 0.3) is 6.71 Å². The molecule has 0 bridgehead atoms. The Labute approximate surface area is 509 Å². The first-order valence-corrected chi connectivity index (χ1v) is 33.0. The van der Waals surface area contributed by atoms with Crippen molar-refractivity contribution < 1.29 is 0 Å². The Morgan fingerprint density at radius 3 is 1.44 bits per heavy atom. The molecule has 8 aliphatic rings. The van der Waals surface area contributed by atoms with E-state index in [-0.39, 0.29) is 55.6 Å². The molecule has 1 fully saturated rings. The fourth-order valence-electron chi connectivity index (χ4n) is 19.2. The maximum Gasteiger partial charge on any atom is 0.252 e. The van der Waals surface area contributed by atoms with E-state index in [1.54, 1.807) is 0 Å². The van der Waals surface area contributed by atoms with Gasteiger partial charge in [0.15, 0.2) is 0 Å². The summed E-state index contributed by atoms with van der Waals surface area (Å²) in [5, 5.41) is 2.66. The summed E-state index contributed by atoms with van der Waals surface area (Å²) in [6.45, 7) is 40.5. The zero-order chi connectivity index (χ0) is 59.3. The molecule has 16 rings (SSSR count). The molecule has 8 aromatic carbocycles. The predicted octanol–water partition coefficient (Wildman–Crippen LogP) is 20.0. The third-order valence-electron chi connectivity index (χ3n) is 25.1. The zero-order valence-corrected chi connectivity index (χ0v) is 54.2. The number of nitrogens with zero attached hydrogens (tertiary/aromatic N) is 3. The summed E-state index contributed by atoms with van der Waals surface area (Å²) in [6, 6.07) is 55.3. The van der Waals surface area contributed by atoms with Gasteiger partial charge >= 0.3 is 0 Å². The first-order chi connectivity index (χ1) is 40.1. The van der Waals surface area contributed by atoms with E-state index in [0.29, 0.717) is 0 Å². The second-order valence-corrected chi connectivity index (χ2v) is 33.2. The lowest BCUT2D eigenvalue weighted by molar-refractivity contribution is 0.195. The van der Waals surface area contributed by atoms with E-state index >= 15 is 0 Å². The molecule has 0 amide bonds. The molecule has 8 aromatic rings. The molecular weight excluding hydrogens is 1030 g/mol. The van der Waals surface area contributed by atoms with Crippen molar-refractivity contribution >= 4 is 79.4 Å². The van der Waals surface area contributed by atoms with Crippen LogP contribution in [0.4, 0.5) is 45.5 Å². The van der Waals surface area contributed by atoms with E-state index in [9.17, 15) is 0 Å². The van der Waals surface area contributed by atoms with Gasteiger partial charge < -0.3 is 14.7 Å². The fourth-order valence-corrected chi connectivity index (χ4v) is 19.2. The Morgan fingerprint density at radius 1 is 0.329 bits per heavy atom. The van der Waals surface area contributed by atoms with Gasteiger partial charge in [0.1, 0.15) is 0 Å². The second kappa shape index (κ2) is 17.0. The van der Waals surface area contributed by atoms with Gasteiger partial charge in [-0.2, -0.15) is 0 Å². The van der Waals surface area contributed by atoms with Crippen molar-refractivity contribution in [2.24, 2.45) is 0 Å². The minimum Gasteiger partial charge on any atom is -0.334 e. The third kappa shape index (κ3) is 7.09. The van der Waals surface area contributed by atoms with E-state index in [0.717, 1.165) is 12.8 Å². The summed E-state index contributed by atoms with van der Waals surface area (Å²) in [5.41, 5.74) is 30.8. The predicted molar refractivity (Wildman–Crippen MR) is 364 cm³/mol. The van der Waals surface area contributed by atoms with Crippen molar-refractivity contribution in [2.45, 2.75) is 224 Å². The van der Waals surface area contributed by atoms with Crippen LogP contribution in [-0.2, 0) is 43.3 Å². The van der Waals surface area contributed by atoms with Crippen LogP contribution in [0.2, 0.25) is 0 Å². The molecule has 0 aromatic heterocycles. The molecule has 85 heavy (non-hydrogen) atoms. The van der Waals surface area contributed by atoms with Crippen molar-refractivity contribution in [3.8, 4) is 11.1 Å². The fraction of sp³-hybridized carbons (Fsp3) is 0.432. The lowest BCUT2D eigenvalue weighted by Crippen LogP contribution is -2.62. The quantitative estimate of drug-likeness (QED) is 0.163. The molecule has 3 aliphatic heterocycles. The Hall–Kier alpha value is -6.52. The molecule has 3 heterocycles. The normalized spacial score (nSPS) is 24.7. The average molecular weight is 1120 g/mol. The molecule has 0 spiro atoms. The van der Waals surface area contributed by atoms with Crippen LogP contribution in [0, 0.1) is 0 Å². The molecular formula is C81H90BN3. The van der Waals surface area contributed by atoms with E-state index in [1.165, 1.54) is 185 Å². The van der Waals surface area contributed by atoms with Gasteiger partial charge in [-0.1, -0.05) is 196 Å². The highest BCUT2D eigenvalue weighted by Crippen LogP contribution is 2.64. The third-order valence-corrected chi connectivity index (χ3v) is 25.1. The Kier molecular flexibility index (Phi) is 10.8. The molecule has 0 N–H and O–H groups in total. The molecule has 4 heteroatoms. The van der Waals surface area contributed by atoms with Crippen LogP contribution in [0.1, 0.15) is 225 Å². The van der Waals surface area contributed by atoms with Crippen LogP contribution < -0.4 is 31.1 Å². The van der Waals surface area contributed by atoms with Crippen LogP contribution in [0.25, 0.3) is 21.9 Å².